The fourth-order valence-electron chi connectivity index (χ4n) is 3.97. The van der Waals surface area contributed by atoms with Gasteiger partial charge in [0.05, 0.1) is 23.4 Å². The molecular weight excluding hydrogens is 405 g/mol. The van der Waals surface area contributed by atoms with Crippen LogP contribution in [0.2, 0.25) is 0 Å². The number of H-pyrrole nitrogens is 1. The summed E-state index contributed by atoms with van der Waals surface area (Å²) in [5.41, 5.74) is 1.44. The minimum atomic E-state index is -4.37. The predicted octanol–water partition coefficient (Wildman–Crippen LogP) is 4.78. The number of nitrogens with one attached hydrogen (secondary N) is 2. The van der Waals surface area contributed by atoms with Crippen LogP contribution in [0.3, 0.4) is 0 Å². The van der Waals surface area contributed by atoms with E-state index in [0.29, 0.717) is 25.0 Å². The number of rotatable bonds is 4. The minimum Gasteiger partial charge on any atom is -0.349 e. The van der Waals surface area contributed by atoms with Gasteiger partial charge in [-0.05, 0) is 69.4 Å². The summed E-state index contributed by atoms with van der Waals surface area (Å²) in [6.07, 6.45) is -1.10. The number of carbonyl (C=O) groups excluding carboxylic acids is 1. The van der Waals surface area contributed by atoms with E-state index in [1.54, 1.807) is 12.3 Å². The topological polar surface area (TPSA) is 70.7 Å². The zero-order valence-corrected chi connectivity index (χ0v) is 17.7. The van der Waals surface area contributed by atoms with E-state index in [9.17, 15) is 18.0 Å². The second-order valence-electron chi connectivity index (χ2n) is 8.81. The first-order valence-electron chi connectivity index (χ1n) is 10.4. The van der Waals surface area contributed by atoms with E-state index in [0.717, 1.165) is 35.9 Å². The van der Waals surface area contributed by atoms with Crippen LogP contribution in [0.4, 0.5) is 13.2 Å². The number of nitrogens with zero attached hydrogens (tertiary/aromatic N) is 2. The number of aryl methyl sites for hydroxylation is 1. The van der Waals surface area contributed by atoms with E-state index in [1.165, 1.54) is 6.07 Å². The van der Waals surface area contributed by atoms with E-state index in [4.69, 9.17) is 0 Å². The summed E-state index contributed by atoms with van der Waals surface area (Å²) in [4.78, 5) is 17.2. The number of aromatic amines is 1. The molecule has 0 aliphatic heterocycles. The van der Waals surface area contributed by atoms with Crippen molar-refractivity contribution < 1.29 is 18.0 Å². The second-order valence-corrected chi connectivity index (χ2v) is 8.81. The number of halogens is 3. The highest BCUT2D eigenvalue weighted by Crippen LogP contribution is 2.40. The minimum absolute atomic E-state index is 0.0184. The average Bonchev–Trinajstić information content (AvgIpc) is 3.19. The van der Waals surface area contributed by atoms with Crippen molar-refractivity contribution in [3.05, 3.63) is 59.0 Å². The Balaban J connectivity index is 1.45. The molecule has 0 radical (unpaired) electrons. The lowest BCUT2D eigenvalue weighted by molar-refractivity contribution is -0.181. The van der Waals surface area contributed by atoms with Crippen LogP contribution in [0.1, 0.15) is 55.7 Å². The normalized spacial score (nSPS) is 17.9. The highest BCUT2D eigenvalue weighted by Gasteiger charge is 2.49. The van der Waals surface area contributed by atoms with Crippen molar-refractivity contribution in [2.24, 2.45) is 5.92 Å². The maximum absolute atomic E-state index is 13.4. The quantitative estimate of drug-likeness (QED) is 0.626. The van der Waals surface area contributed by atoms with Crippen molar-refractivity contribution in [1.82, 2.24) is 20.5 Å². The number of carbonyl (C=O) groups is 1. The summed E-state index contributed by atoms with van der Waals surface area (Å²) in [5, 5.41) is 11.0. The average molecular weight is 430 g/mol. The number of pyridine rings is 1. The van der Waals surface area contributed by atoms with Crippen molar-refractivity contribution in [3.8, 4) is 0 Å². The molecule has 1 aliphatic rings. The number of hydrogen-bond acceptors (Lipinski definition) is 3. The Morgan fingerprint density at radius 1 is 1.23 bits per heavy atom. The highest BCUT2D eigenvalue weighted by molar-refractivity contribution is 5.81. The van der Waals surface area contributed by atoms with E-state index >= 15 is 0 Å². The lowest BCUT2D eigenvalue weighted by Crippen LogP contribution is -2.38. The van der Waals surface area contributed by atoms with Gasteiger partial charge < -0.3 is 5.32 Å². The van der Waals surface area contributed by atoms with Crippen LogP contribution in [0, 0.1) is 5.92 Å². The summed E-state index contributed by atoms with van der Waals surface area (Å²) in [7, 11) is 0. The molecule has 2 N–H and O–H groups in total. The van der Waals surface area contributed by atoms with Crippen LogP contribution in [0.25, 0.3) is 10.9 Å². The smallest absolute Gasteiger partial charge is 0.349 e. The zero-order valence-electron chi connectivity index (χ0n) is 17.7. The molecule has 31 heavy (non-hydrogen) atoms. The molecule has 0 saturated heterocycles. The molecule has 1 aliphatic carbocycles. The Kier molecular flexibility index (Phi) is 5.27. The van der Waals surface area contributed by atoms with Gasteiger partial charge in [-0.25, -0.2) is 0 Å². The van der Waals surface area contributed by atoms with Crippen molar-refractivity contribution in [1.29, 1.82) is 0 Å². The van der Waals surface area contributed by atoms with E-state index in [-0.39, 0.29) is 23.6 Å². The monoisotopic (exact) mass is 430 g/mol. The largest absolute Gasteiger partial charge is 0.399 e. The Morgan fingerprint density at radius 3 is 2.74 bits per heavy atom. The summed E-state index contributed by atoms with van der Waals surface area (Å²) in [6.45, 7) is 4.22. The lowest BCUT2D eigenvalue weighted by atomic mass is 9.83. The van der Waals surface area contributed by atoms with Gasteiger partial charge in [-0.3, -0.25) is 14.9 Å². The van der Waals surface area contributed by atoms with Gasteiger partial charge in [0, 0.05) is 17.0 Å². The van der Waals surface area contributed by atoms with Crippen LogP contribution in [0.15, 0.2) is 36.5 Å². The van der Waals surface area contributed by atoms with Crippen LogP contribution in [-0.4, -0.2) is 27.3 Å². The van der Waals surface area contributed by atoms with Crippen LogP contribution >= 0.6 is 0 Å². The summed E-state index contributed by atoms with van der Waals surface area (Å²) < 4.78 is 40.1. The Morgan fingerprint density at radius 2 is 2.00 bits per heavy atom. The molecule has 2 atom stereocenters. The lowest BCUT2D eigenvalue weighted by Gasteiger charge is -2.30. The first-order chi connectivity index (χ1) is 14.6. The molecule has 1 amide bonds. The first kappa shape index (κ1) is 21.3. The predicted molar refractivity (Wildman–Crippen MR) is 111 cm³/mol. The van der Waals surface area contributed by atoms with Gasteiger partial charge in [-0.2, -0.15) is 18.3 Å². The third-order valence-corrected chi connectivity index (χ3v) is 6.31. The molecule has 2 heterocycles. The van der Waals surface area contributed by atoms with Gasteiger partial charge in [0.1, 0.15) is 5.41 Å². The van der Waals surface area contributed by atoms with Crippen molar-refractivity contribution in [2.75, 3.05) is 0 Å². The Labute approximate surface area is 178 Å². The molecule has 0 bridgehead atoms. The third kappa shape index (κ3) is 4.03. The maximum atomic E-state index is 13.4. The van der Waals surface area contributed by atoms with Crippen LogP contribution in [-0.2, 0) is 23.1 Å². The highest BCUT2D eigenvalue weighted by atomic mass is 19.4. The number of aromatic nitrogens is 3. The molecule has 164 valence electrons. The van der Waals surface area contributed by atoms with Crippen LogP contribution in [0.5, 0.6) is 0 Å². The van der Waals surface area contributed by atoms with Crippen molar-refractivity contribution >= 4 is 16.8 Å². The van der Waals surface area contributed by atoms with E-state index in [2.05, 4.69) is 20.5 Å². The fourth-order valence-corrected chi connectivity index (χ4v) is 3.97. The van der Waals surface area contributed by atoms with Gasteiger partial charge in [0.15, 0.2) is 0 Å². The van der Waals surface area contributed by atoms with Gasteiger partial charge in [0.2, 0.25) is 5.91 Å². The van der Waals surface area contributed by atoms with Gasteiger partial charge in [0.25, 0.3) is 0 Å². The summed E-state index contributed by atoms with van der Waals surface area (Å²) in [6, 6.07) is 8.85. The summed E-state index contributed by atoms with van der Waals surface area (Å²) >= 11 is 0. The number of fused-ring (bicyclic) bond motifs is 2. The maximum Gasteiger partial charge on any atom is 0.399 e. The molecule has 0 saturated carbocycles. The molecule has 0 spiro atoms. The molecule has 0 fully saturated rings. The van der Waals surface area contributed by atoms with Crippen molar-refractivity contribution in [3.63, 3.8) is 0 Å². The van der Waals surface area contributed by atoms with Gasteiger partial charge in [-0.1, -0.05) is 12.1 Å². The van der Waals surface area contributed by atoms with Gasteiger partial charge >= 0.3 is 6.18 Å². The van der Waals surface area contributed by atoms with E-state index < -0.39 is 11.6 Å². The van der Waals surface area contributed by atoms with Crippen LogP contribution < -0.4 is 5.32 Å². The molecule has 5 nitrogen and oxygen atoms in total. The van der Waals surface area contributed by atoms with E-state index in [1.807, 2.05) is 25.1 Å². The number of amides is 1. The first-order valence-corrected chi connectivity index (χ1v) is 10.4. The molecular formula is C23H25F3N4O. The standard InChI is InChI=1S/C23H25F3N4O/c1-13(14-4-8-19-17(10-14)12-27-30-19)28-21(31)16-5-7-18-15(11-16)6-9-20(29-18)22(2,3)23(24,25)26/h4,6,8-10,12-13,16H,5,7,11H2,1-3H3,(H,27,30)(H,28,31)/t13-,16+/m1/s1. The Bertz CT molecular complexity index is 1120. The Hall–Kier alpha value is -2.90. The molecule has 0 unspecified atom stereocenters. The second kappa shape index (κ2) is 7.66. The molecule has 3 aromatic rings. The number of alkyl halides is 3. The summed E-state index contributed by atoms with van der Waals surface area (Å²) in [5.74, 6) is -0.277. The van der Waals surface area contributed by atoms with Crippen molar-refractivity contribution in [2.45, 2.75) is 57.7 Å². The molecule has 4 rings (SSSR count). The molecule has 2 aromatic heterocycles. The third-order valence-electron chi connectivity index (χ3n) is 6.31. The number of benzene rings is 1. The number of hydrogen-bond donors (Lipinski definition) is 2. The molecule has 1 aromatic carbocycles. The van der Waals surface area contributed by atoms with Gasteiger partial charge in [-0.15, -0.1) is 0 Å². The molecule has 8 heteroatoms. The SMILES string of the molecule is C[C@@H](NC(=O)[C@H]1CCc2nc(C(C)(C)C(F)(F)F)ccc2C1)c1ccc2[nH]ncc2c1. The zero-order chi connectivity index (χ0) is 22.4. The fraction of sp³-hybridized carbons (Fsp3) is 0.435.